The van der Waals surface area contributed by atoms with Gasteiger partial charge in [-0.15, -0.1) is 11.6 Å². The molecule has 0 bridgehead atoms. The van der Waals surface area contributed by atoms with Crippen molar-refractivity contribution in [1.82, 2.24) is 4.90 Å². The van der Waals surface area contributed by atoms with Crippen LogP contribution in [0.1, 0.15) is 6.92 Å². The molecule has 1 rings (SSSR count). The first-order valence-electron chi connectivity index (χ1n) is 3.23. The lowest BCUT2D eigenvalue weighted by Gasteiger charge is -2.39. The Labute approximate surface area is 68.1 Å². The third-order valence-corrected chi connectivity index (χ3v) is 1.68. The van der Waals surface area contributed by atoms with E-state index in [-0.39, 0.29) is 0 Å². The van der Waals surface area contributed by atoms with E-state index in [0.717, 1.165) is 4.90 Å². The number of likely N-dealkylation sites (tertiary alicyclic amines) is 1. The highest BCUT2D eigenvalue weighted by atomic mass is 35.5. The molecule has 5 heteroatoms. The lowest BCUT2D eigenvalue weighted by Crippen LogP contribution is -2.59. The molecule has 1 fully saturated rings. The van der Waals surface area contributed by atoms with E-state index in [9.17, 15) is 13.6 Å². The first-order valence-corrected chi connectivity index (χ1v) is 3.67. The van der Waals surface area contributed by atoms with Crippen molar-refractivity contribution < 1.29 is 13.6 Å². The van der Waals surface area contributed by atoms with Gasteiger partial charge in [-0.2, -0.15) is 0 Å². The molecule has 0 aromatic carbocycles. The number of hydrogen-bond acceptors (Lipinski definition) is 1. The predicted octanol–water partition coefficient (Wildman–Crippen LogP) is 1.09. The van der Waals surface area contributed by atoms with Gasteiger partial charge < -0.3 is 4.90 Å². The molecule has 0 spiro atoms. The highest BCUT2D eigenvalue weighted by Gasteiger charge is 2.46. The van der Waals surface area contributed by atoms with Crippen LogP contribution in [0.15, 0.2) is 0 Å². The Hall–Kier alpha value is -0.380. The number of rotatable bonds is 1. The minimum Gasteiger partial charge on any atom is -0.329 e. The molecule has 0 aliphatic carbocycles. The molecule has 2 nitrogen and oxygen atoms in total. The fraction of sp³-hybridized carbons (Fsp3) is 0.833. The fourth-order valence-corrected chi connectivity index (χ4v) is 1.06. The molecule has 0 aromatic rings. The second kappa shape index (κ2) is 2.59. The Balaban J connectivity index is 2.38. The largest absolute Gasteiger partial charge is 0.329 e. The zero-order valence-corrected chi connectivity index (χ0v) is 6.74. The Morgan fingerprint density at radius 2 is 2.09 bits per heavy atom. The third kappa shape index (κ3) is 1.80. The van der Waals surface area contributed by atoms with E-state index in [1.807, 2.05) is 0 Å². The lowest BCUT2D eigenvalue weighted by molar-refractivity contribution is -0.165. The Morgan fingerprint density at radius 1 is 1.64 bits per heavy atom. The van der Waals surface area contributed by atoms with Gasteiger partial charge in [0.25, 0.3) is 5.92 Å². The van der Waals surface area contributed by atoms with Gasteiger partial charge in [-0.3, -0.25) is 4.79 Å². The van der Waals surface area contributed by atoms with Gasteiger partial charge in [0.2, 0.25) is 5.91 Å². The molecule has 1 aliphatic heterocycles. The monoisotopic (exact) mass is 183 g/mol. The van der Waals surface area contributed by atoms with Gasteiger partial charge >= 0.3 is 0 Å². The van der Waals surface area contributed by atoms with E-state index in [1.165, 1.54) is 6.92 Å². The molecule has 1 aliphatic rings. The van der Waals surface area contributed by atoms with Crippen LogP contribution < -0.4 is 0 Å². The van der Waals surface area contributed by atoms with Crippen LogP contribution in [0.25, 0.3) is 0 Å². The third-order valence-electron chi connectivity index (χ3n) is 1.50. The summed E-state index contributed by atoms with van der Waals surface area (Å²) < 4.78 is 24.4. The van der Waals surface area contributed by atoms with Crippen molar-refractivity contribution >= 4 is 17.5 Å². The van der Waals surface area contributed by atoms with Crippen molar-refractivity contribution in [1.29, 1.82) is 0 Å². The average molecular weight is 184 g/mol. The van der Waals surface area contributed by atoms with Crippen LogP contribution in [-0.2, 0) is 4.79 Å². The standard InChI is InChI=1S/C6H8ClF2NO/c1-4(7)5(11)10-2-6(8,9)3-10/h4H,2-3H2,1H3/t4-/m0/s1. The van der Waals surface area contributed by atoms with Crippen LogP contribution in [0, 0.1) is 0 Å². The van der Waals surface area contributed by atoms with Gasteiger partial charge in [0.15, 0.2) is 0 Å². The average Bonchev–Trinajstić information content (AvgIpc) is 1.80. The normalized spacial score (nSPS) is 24.2. The van der Waals surface area contributed by atoms with Crippen molar-refractivity contribution in [3.63, 3.8) is 0 Å². The molecule has 64 valence electrons. The number of nitrogens with zero attached hydrogens (tertiary/aromatic N) is 1. The molecule has 1 atom stereocenters. The summed E-state index contributed by atoms with van der Waals surface area (Å²) in [5.74, 6) is -3.11. The summed E-state index contributed by atoms with van der Waals surface area (Å²) in [5.41, 5.74) is 0. The van der Waals surface area contributed by atoms with Gasteiger partial charge in [-0.05, 0) is 6.92 Å². The molecule has 0 radical (unpaired) electrons. The zero-order valence-electron chi connectivity index (χ0n) is 5.98. The van der Waals surface area contributed by atoms with Gasteiger partial charge in [0, 0.05) is 0 Å². The molecule has 0 unspecified atom stereocenters. The minimum atomic E-state index is -2.69. The zero-order chi connectivity index (χ0) is 8.65. The van der Waals surface area contributed by atoms with Crippen molar-refractivity contribution in [3.8, 4) is 0 Å². The molecule has 0 N–H and O–H groups in total. The highest BCUT2D eigenvalue weighted by Crippen LogP contribution is 2.27. The molecule has 0 saturated carbocycles. The van der Waals surface area contributed by atoms with E-state index in [2.05, 4.69) is 0 Å². The number of hydrogen-bond donors (Lipinski definition) is 0. The second-order valence-corrected chi connectivity index (χ2v) is 3.32. The summed E-state index contributed by atoms with van der Waals surface area (Å²) >= 11 is 5.39. The number of alkyl halides is 3. The van der Waals surface area contributed by atoms with Crippen molar-refractivity contribution in [2.75, 3.05) is 13.1 Å². The van der Waals surface area contributed by atoms with E-state index in [1.54, 1.807) is 0 Å². The molecule has 1 amide bonds. The van der Waals surface area contributed by atoms with E-state index in [4.69, 9.17) is 11.6 Å². The second-order valence-electron chi connectivity index (χ2n) is 2.67. The predicted molar refractivity (Wildman–Crippen MR) is 36.8 cm³/mol. The highest BCUT2D eigenvalue weighted by molar-refractivity contribution is 6.30. The van der Waals surface area contributed by atoms with Crippen LogP contribution in [0.3, 0.4) is 0 Å². The molecule has 0 aromatic heterocycles. The van der Waals surface area contributed by atoms with E-state index in [0.29, 0.717) is 0 Å². The molecular weight excluding hydrogens is 176 g/mol. The fourth-order valence-electron chi connectivity index (χ4n) is 0.920. The van der Waals surface area contributed by atoms with E-state index >= 15 is 0 Å². The van der Waals surface area contributed by atoms with Crippen LogP contribution in [0.4, 0.5) is 8.78 Å². The summed E-state index contributed by atoms with van der Waals surface area (Å²) in [6, 6.07) is 0. The van der Waals surface area contributed by atoms with Gasteiger partial charge in [-0.25, -0.2) is 8.78 Å². The maximum atomic E-state index is 12.2. The van der Waals surface area contributed by atoms with E-state index < -0.39 is 30.3 Å². The molecule has 1 heterocycles. The van der Waals surface area contributed by atoms with Crippen molar-refractivity contribution in [3.05, 3.63) is 0 Å². The number of carbonyl (C=O) groups excluding carboxylic acids is 1. The van der Waals surface area contributed by atoms with Crippen LogP contribution in [-0.4, -0.2) is 35.2 Å². The summed E-state index contributed by atoms with van der Waals surface area (Å²) in [6.07, 6.45) is 0. The molecule has 1 saturated heterocycles. The van der Waals surface area contributed by atoms with Crippen LogP contribution >= 0.6 is 11.6 Å². The first kappa shape index (κ1) is 8.71. The maximum absolute atomic E-state index is 12.2. The Bertz CT molecular complexity index is 175. The number of carbonyl (C=O) groups is 1. The summed E-state index contributed by atoms with van der Waals surface area (Å²) in [6.45, 7) is 0.506. The summed E-state index contributed by atoms with van der Waals surface area (Å²) in [7, 11) is 0. The summed E-state index contributed by atoms with van der Waals surface area (Å²) in [5, 5.41) is -0.703. The lowest BCUT2D eigenvalue weighted by atomic mass is 10.1. The van der Waals surface area contributed by atoms with Gasteiger partial charge in [0.05, 0.1) is 13.1 Å². The Kier molecular flexibility index (Phi) is 2.05. The smallest absolute Gasteiger partial charge is 0.282 e. The summed E-state index contributed by atoms with van der Waals surface area (Å²) in [4.78, 5) is 11.9. The minimum absolute atomic E-state index is 0.419. The molecule has 11 heavy (non-hydrogen) atoms. The van der Waals surface area contributed by atoms with Crippen LogP contribution in [0.2, 0.25) is 0 Å². The number of amides is 1. The maximum Gasteiger partial charge on any atom is 0.282 e. The van der Waals surface area contributed by atoms with Gasteiger partial charge in [0.1, 0.15) is 5.38 Å². The van der Waals surface area contributed by atoms with Crippen molar-refractivity contribution in [2.45, 2.75) is 18.2 Å². The quantitative estimate of drug-likeness (QED) is 0.558. The Morgan fingerprint density at radius 3 is 2.36 bits per heavy atom. The SMILES string of the molecule is C[C@H](Cl)C(=O)N1CC(F)(F)C1. The number of halogens is 3. The first-order chi connectivity index (χ1) is 4.92. The van der Waals surface area contributed by atoms with Gasteiger partial charge in [-0.1, -0.05) is 0 Å². The topological polar surface area (TPSA) is 20.3 Å². The van der Waals surface area contributed by atoms with Crippen molar-refractivity contribution in [2.24, 2.45) is 0 Å². The van der Waals surface area contributed by atoms with Crippen LogP contribution in [0.5, 0.6) is 0 Å². The molecular formula is C6H8ClF2NO.